The lowest BCUT2D eigenvalue weighted by molar-refractivity contribution is -0.120. The molecule has 31 heavy (non-hydrogen) atoms. The fourth-order valence-corrected chi connectivity index (χ4v) is 4.57. The Balaban J connectivity index is 1.48. The fourth-order valence-electron chi connectivity index (χ4n) is 4.37. The van der Waals surface area contributed by atoms with Crippen LogP contribution < -0.4 is 10.7 Å². The maximum Gasteiger partial charge on any atom is 0.254 e. The smallest absolute Gasteiger partial charge is 0.254 e. The van der Waals surface area contributed by atoms with E-state index in [0.717, 1.165) is 45.6 Å². The maximum absolute atomic E-state index is 12.2. The van der Waals surface area contributed by atoms with Crippen molar-refractivity contribution in [1.29, 1.82) is 0 Å². The standard InChI is InChI=1S/C25H29ClN4O/c1-18-22(15-28-29-25(31)16-27-20-10-3-2-4-11-20)21-12-6-8-14-24(21)30(18)17-19-9-5-7-13-23(19)26/h5-9,12-15,20,27H,2-4,10-11,16-17H2,1H3,(H,29,31)/b28-15-. The van der Waals surface area contributed by atoms with E-state index in [2.05, 4.69) is 39.5 Å². The number of nitrogens with one attached hydrogen (secondary N) is 2. The van der Waals surface area contributed by atoms with Gasteiger partial charge in [0.1, 0.15) is 0 Å². The number of aromatic nitrogens is 1. The minimum absolute atomic E-state index is 0.112. The van der Waals surface area contributed by atoms with Gasteiger partial charge in [-0.05, 0) is 37.5 Å². The van der Waals surface area contributed by atoms with Gasteiger partial charge in [0.2, 0.25) is 0 Å². The Morgan fingerprint density at radius 3 is 2.68 bits per heavy atom. The largest absolute Gasteiger partial charge is 0.340 e. The van der Waals surface area contributed by atoms with Gasteiger partial charge in [0.25, 0.3) is 5.91 Å². The number of hydrogen-bond donors (Lipinski definition) is 2. The Kier molecular flexibility index (Phi) is 7.05. The van der Waals surface area contributed by atoms with Gasteiger partial charge in [-0.3, -0.25) is 4.79 Å². The zero-order valence-electron chi connectivity index (χ0n) is 17.9. The molecule has 1 aromatic heterocycles. The van der Waals surface area contributed by atoms with Crippen LogP contribution in [-0.4, -0.2) is 29.3 Å². The van der Waals surface area contributed by atoms with Crippen LogP contribution in [0, 0.1) is 6.92 Å². The highest BCUT2D eigenvalue weighted by Gasteiger charge is 2.15. The molecule has 6 heteroatoms. The Bertz CT molecular complexity index is 1080. The molecule has 162 valence electrons. The lowest BCUT2D eigenvalue weighted by atomic mass is 9.95. The average molecular weight is 437 g/mol. The number of nitrogens with zero attached hydrogens (tertiary/aromatic N) is 2. The molecule has 0 bridgehead atoms. The SMILES string of the molecule is Cc1c(/C=N\NC(=O)CNC2CCCCC2)c2ccccc2n1Cc1ccccc1Cl. The van der Waals surface area contributed by atoms with Gasteiger partial charge in [0.05, 0.1) is 12.8 Å². The van der Waals surface area contributed by atoms with Crippen LogP contribution in [-0.2, 0) is 11.3 Å². The zero-order valence-corrected chi connectivity index (χ0v) is 18.7. The highest BCUT2D eigenvalue weighted by Crippen LogP contribution is 2.27. The third-order valence-corrected chi connectivity index (χ3v) is 6.47. The molecule has 0 aliphatic heterocycles. The van der Waals surface area contributed by atoms with Crippen molar-refractivity contribution in [2.24, 2.45) is 5.10 Å². The number of fused-ring (bicyclic) bond motifs is 1. The van der Waals surface area contributed by atoms with Crippen LogP contribution in [0.15, 0.2) is 53.6 Å². The molecule has 0 unspecified atom stereocenters. The van der Waals surface area contributed by atoms with E-state index in [0.29, 0.717) is 19.1 Å². The van der Waals surface area contributed by atoms with Crippen LogP contribution in [0.5, 0.6) is 0 Å². The third-order valence-electron chi connectivity index (χ3n) is 6.11. The monoisotopic (exact) mass is 436 g/mol. The Morgan fingerprint density at radius 2 is 1.87 bits per heavy atom. The first kappa shape index (κ1) is 21.6. The molecule has 1 saturated carbocycles. The van der Waals surface area contributed by atoms with E-state index in [9.17, 15) is 4.79 Å². The number of carbonyl (C=O) groups is 1. The molecule has 1 amide bonds. The summed E-state index contributed by atoms with van der Waals surface area (Å²) >= 11 is 6.40. The normalized spacial score (nSPS) is 15.0. The van der Waals surface area contributed by atoms with Gasteiger partial charge in [-0.15, -0.1) is 0 Å². The Labute approximate surface area is 188 Å². The molecule has 0 atom stereocenters. The van der Waals surface area contributed by atoms with Crippen LogP contribution in [0.25, 0.3) is 10.9 Å². The summed E-state index contributed by atoms with van der Waals surface area (Å²) in [6, 6.07) is 16.6. The Morgan fingerprint density at radius 1 is 1.13 bits per heavy atom. The fraction of sp³-hybridized carbons (Fsp3) is 0.360. The first-order chi connectivity index (χ1) is 15.1. The lowest BCUT2D eigenvalue weighted by Gasteiger charge is -2.22. The Hall–Kier alpha value is -2.63. The van der Waals surface area contributed by atoms with E-state index < -0.39 is 0 Å². The van der Waals surface area contributed by atoms with Crippen molar-refractivity contribution < 1.29 is 4.79 Å². The molecule has 5 nitrogen and oxygen atoms in total. The zero-order chi connectivity index (χ0) is 21.6. The number of rotatable bonds is 7. The number of carbonyl (C=O) groups excluding carboxylic acids is 1. The van der Waals surface area contributed by atoms with Gasteiger partial charge in [-0.25, -0.2) is 5.43 Å². The molecular formula is C25H29ClN4O. The van der Waals surface area contributed by atoms with Crippen LogP contribution in [0.4, 0.5) is 0 Å². The summed E-state index contributed by atoms with van der Waals surface area (Å²) in [5.41, 5.74) is 6.94. The summed E-state index contributed by atoms with van der Waals surface area (Å²) in [4.78, 5) is 12.2. The molecule has 2 aromatic carbocycles. The quantitative estimate of drug-likeness (QED) is 0.403. The van der Waals surface area contributed by atoms with Gasteiger partial charge in [0, 0.05) is 39.8 Å². The summed E-state index contributed by atoms with van der Waals surface area (Å²) in [6.07, 6.45) is 7.85. The van der Waals surface area contributed by atoms with Gasteiger partial charge < -0.3 is 9.88 Å². The highest BCUT2D eigenvalue weighted by atomic mass is 35.5. The van der Waals surface area contributed by atoms with Crippen molar-refractivity contribution in [2.45, 2.75) is 51.6 Å². The van der Waals surface area contributed by atoms with Crippen molar-refractivity contribution >= 4 is 34.6 Å². The number of hydrazone groups is 1. The topological polar surface area (TPSA) is 58.4 Å². The molecule has 1 aliphatic carbocycles. The van der Waals surface area contributed by atoms with Gasteiger partial charge in [-0.2, -0.15) is 5.10 Å². The molecule has 1 fully saturated rings. The second-order valence-corrected chi connectivity index (χ2v) is 8.61. The molecule has 1 heterocycles. The van der Waals surface area contributed by atoms with E-state index in [1.54, 1.807) is 6.21 Å². The first-order valence-corrected chi connectivity index (χ1v) is 11.4. The third kappa shape index (κ3) is 5.17. The summed E-state index contributed by atoms with van der Waals surface area (Å²) in [5.74, 6) is -0.112. The lowest BCUT2D eigenvalue weighted by Crippen LogP contribution is -2.38. The predicted octanol–water partition coefficient (Wildman–Crippen LogP) is 5.02. The van der Waals surface area contributed by atoms with E-state index in [1.807, 2.05) is 36.4 Å². The minimum atomic E-state index is -0.112. The van der Waals surface area contributed by atoms with E-state index >= 15 is 0 Å². The molecule has 1 aliphatic rings. The summed E-state index contributed by atoms with van der Waals surface area (Å²) in [7, 11) is 0. The van der Waals surface area contributed by atoms with Gasteiger partial charge in [-0.1, -0.05) is 67.3 Å². The van der Waals surface area contributed by atoms with Gasteiger partial charge >= 0.3 is 0 Å². The number of halogens is 1. The maximum atomic E-state index is 12.2. The van der Waals surface area contributed by atoms with Crippen molar-refractivity contribution in [2.75, 3.05) is 6.54 Å². The van der Waals surface area contributed by atoms with Gasteiger partial charge in [0.15, 0.2) is 0 Å². The molecule has 0 spiro atoms. The predicted molar refractivity (Wildman–Crippen MR) is 128 cm³/mol. The average Bonchev–Trinajstić information content (AvgIpc) is 3.06. The molecule has 2 N–H and O–H groups in total. The first-order valence-electron chi connectivity index (χ1n) is 11.0. The minimum Gasteiger partial charge on any atom is -0.340 e. The number of hydrogen-bond acceptors (Lipinski definition) is 3. The molecule has 3 aromatic rings. The number of benzene rings is 2. The van der Waals surface area contributed by atoms with Crippen LogP contribution >= 0.6 is 11.6 Å². The number of amides is 1. The highest BCUT2D eigenvalue weighted by molar-refractivity contribution is 6.31. The second kappa shape index (κ2) is 10.1. The van der Waals surface area contributed by atoms with E-state index in [1.165, 1.54) is 19.3 Å². The molecular weight excluding hydrogens is 408 g/mol. The van der Waals surface area contributed by atoms with Crippen LogP contribution in [0.1, 0.15) is 48.9 Å². The van der Waals surface area contributed by atoms with Crippen molar-refractivity contribution in [3.8, 4) is 0 Å². The van der Waals surface area contributed by atoms with E-state index in [4.69, 9.17) is 11.6 Å². The summed E-state index contributed by atoms with van der Waals surface area (Å²) in [6.45, 7) is 3.05. The molecule has 0 radical (unpaired) electrons. The molecule has 0 saturated heterocycles. The molecule has 4 rings (SSSR count). The van der Waals surface area contributed by atoms with Crippen LogP contribution in [0.2, 0.25) is 5.02 Å². The summed E-state index contributed by atoms with van der Waals surface area (Å²) in [5, 5.41) is 9.45. The van der Waals surface area contributed by atoms with E-state index in [-0.39, 0.29) is 5.91 Å². The van der Waals surface area contributed by atoms with Crippen molar-refractivity contribution in [3.63, 3.8) is 0 Å². The van der Waals surface area contributed by atoms with Crippen LogP contribution in [0.3, 0.4) is 0 Å². The second-order valence-electron chi connectivity index (χ2n) is 8.20. The van der Waals surface area contributed by atoms with Crippen molar-refractivity contribution in [1.82, 2.24) is 15.3 Å². The summed E-state index contributed by atoms with van der Waals surface area (Å²) < 4.78 is 2.24. The number of para-hydroxylation sites is 1. The van der Waals surface area contributed by atoms with Crippen molar-refractivity contribution in [3.05, 3.63) is 70.4 Å².